The SMILES string of the molecule is CN1CC2(CCCC2)C[C@H]1C(=O)N[C@@H]1CC[C@@H](Oc2ccc(C(=O)O)cc2-c2ccccc2C2CCC2)C1. The number of benzene rings is 2. The minimum absolute atomic E-state index is 0.00641. The summed E-state index contributed by atoms with van der Waals surface area (Å²) in [6, 6.07) is 13.7. The lowest BCUT2D eigenvalue weighted by atomic mass is 9.77. The molecule has 1 saturated heterocycles. The van der Waals surface area contributed by atoms with Gasteiger partial charge in [0.25, 0.3) is 0 Å². The lowest BCUT2D eigenvalue weighted by Crippen LogP contribution is -2.45. The average Bonchev–Trinajstić information content (AvgIpc) is 3.59. The van der Waals surface area contributed by atoms with Crippen LogP contribution < -0.4 is 10.1 Å². The largest absolute Gasteiger partial charge is 0.490 e. The number of carbonyl (C=O) groups is 2. The Labute approximate surface area is 225 Å². The fourth-order valence-corrected chi connectivity index (χ4v) is 7.50. The lowest BCUT2D eigenvalue weighted by Gasteiger charge is -2.29. The number of nitrogens with zero attached hydrogens (tertiary/aromatic N) is 1. The van der Waals surface area contributed by atoms with Crippen LogP contribution in [0.4, 0.5) is 0 Å². The average molecular weight is 517 g/mol. The molecule has 3 aliphatic carbocycles. The molecule has 0 aromatic heterocycles. The molecule has 6 heteroatoms. The van der Waals surface area contributed by atoms with Crippen LogP contribution in [0.3, 0.4) is 0 Å². The number of amides is 1. The summed E-state index contributed by atoms with van der Waals surface area (Å²) < 4.78 is 6.56. The molecule has 0 radical (unpaired) electrons. The predicted molar refractivity (Wildman–Crippen MR) is 148 cm³/mol. The van der Waals surface area contributed by atoms with Gasteiger partial charge in [0.2, 0.25) is 5.91 Å². The van der Waals surface area contributed by atoms with Crippen LogP contribution in [0, 0.1) is 5.41 Å². The van der Waals surface area contributed by atoms with E-state index in [1.54, 1.807) is 12.1 Å². The lowest BCUT2D eigenvalue weighted by molar-refractivity contribution is -0.125. The maximum atomic E-state index is 13.2. The van der Waals surface area contributed by atoms with Crippen molar-refractivity contribution in [2.45, 2.75) is 94.7 Å². The van der Waals surface area contributed by atoms with Gasteiger partial charge in [0, 0.05) is 24.6 Å². The minimum atomic E-state index is -0.932. The number of nitrogens with one attached hydrogen (secondary N) is 1. The van der Waals surface area contributed by atoms with E-state index in [9.17, 15) is 14.7 Å². The molecule has 6 nitrogen and oxygen atoms in total. The van der Waals surface area contributed by atoms with Gasteiger partial charge < -0.3 is 15.2 Å². The molecular weight excluding hydrogens is 476 g/mol. The van der Waals surface area contributed by atoms with Gasteiger partial charge in [-0.25, -0.2) is 4.79 Å². The molecule has 38 heavy (non-hydrogen) atoms. The van der Waals surface area contributed by atoms with E-state index in [4.69, 9.17) is 4.74 Å². The van der Waals surface area contributed by atoms with E-state index in [0.717, 1.165) is 49.1 Å². The summed E-state index contributed by atoms with van der Waals surface area (Å²) in [6.07, 6.45) is 12.2. The van der Waals surface area contributed by atoms with Crippen LogP contribution >= 0.6 is 0 Å². The van der Waals surface area contributed by atoms with Gasteiger partial charge in [0.1, 0.15) is 11.9 Å². The van der Waals surface area contributed by atoms with Crippen LogP contribution in [0.15, 0.2) is 42.5 Å². The van der Waals surface area contributed by atoms with E-state index in [1.807, 2.05) is 12.1 Å². The number of aromatic carboxylic acids is 1. The Hall–Kier alpha value is -2.86. The van der Waals surface area contributed by atoms with Crippen molar-refractivity contribution in [3.8, 4) is 16.9 Å². The van der Waals surface area contributed by atoms with E-state index >= 15 is 0 Å². The molecule has 1 aliphatic heterocycles. The molecular formula is C32H40N2O4. The van der Waals surface area contributed by atoms with Crippen molar-refractivity contribution in [1.82, 2.24) is 10.2 Å². The van der Waals surface area contributed by atoms with Crippen molar-refractivity contribution in [2.24, 2.45) is 5.41 Å². The van der Waals surface area contributed by atoms with Crippen LogP contribution in [0.5, 0.6) is 5.75 Å². The highest BCUT2D eigenvalue weighted by Gasteiger charge is 2.47. The topological polar surface area (TPSA) is 78.9 Å². The zero-order valence-electron chi connectivity index (χ0n) is 22.5. The first-order chi connectivity index (χ1) is 18.4. The van der Waals surface area contributed by atoms with Gasteiger partial charge in [-0.15, -0.1) is 0 Å². The highest BCUT2D eigenvalue weighted by molar-refractivity contribution is 5.91. The zero-order valence-corrected chi connectivity index (χ0v) is 22.5. The van der Waals surface area contributed by atoms with Crippen LogP contribution in [0.25, 0.3) is 11.1 Å². The summed E-state index contributed by atoms with van der Waals surface area (Å²) in [5, 5.41) is 13.0. The Balaban J connectivity index is 1.15. The van der Waals surface area contributed by atoms with Gasteiger partial charge in [-0.1, -0.05) is 43.5 Å². The Bertz CT molecular complexity index is 1200. The number of likely N-dealkylation sites (N-methyl/N-ethyl adjacent to an activating group) is 1. The van der Waals surface area contributed by atoms with Gasteiger partial charge in [-0.05, 0) is 92.7 Å². The fourth-order valence-electron chi connectivity index (χ4n) is 7.50. The van der Waals surface area contributed by atoms with Gasteiger partial charge in [-0.3, -0.25) is 9.69 Å². The molecule has 202 valence electrons. The molecule has 1 amide bonds. The first-order valence-corrected chi connectivity index (χ1v) is 14.5. The minimum Gasteiger partial charge on any atom is -0.490 e. The monoisotopic (exact) mass is 516 g/mol. The Morgan fingerprint density at radius 2 is 1.79 bits per heavy atom. The van der Waals surface area contributed by atoms with Crippen LogP contribution in [-0.4, -0.2) is 53.7 Å². The summed E-state index contributed by atoms with van der Waals surface area (Å²) >= 11 is 0. The summed E-state index contributed by atoms with van der Waals surface area (Å²) in [5.41, 5.74) is 3.83. The molecule has 4 fully saturated rings. The molecule has 0 unspecified atom stereocenters. The summed E-state index contributed by atoms with van der Waals surface area (Å²) in [7, 11) is 2.10. The molecule has 1 heterocycles. The standard InChI is InChI=1S/C32H40N2O4/c1-34-20-32(15-4-5-16-32)19-28(34)30(35)33-23-12-13-24(18-23)38-29-14-11-22(31(36)37)17-27(29)26-10-3-2-9-25(26)21-7-6-8-21/h2-3,9-11,14,17,21,23-24,28H,4-8,12-13,15-16,18-20H2,1H3,(H,33,35)(H,36,37)/t23-,24-,28+/m1/s1. The second-order valence-electron chi connectivity index (χ2n) is 12.3. The number of ether oxygens (including phenoxy) is 1. The van der Waals surface area contributed by atoms with Gasteiger partial charge in [0.05, 0.1) is 11.6 Å². The molecule has 6 rings (SSSR count). The third-order valence-electron chi connectivity index (χ3n) is 9.76. The van der Waals surface area contributed by atoms with Crippen LogP contribution in [0.1, 0.15) is 92.5 Å². The third-order valence-corrected chi connectivity index (χ3v) is 9.76. The van der Waals surface area contributed by atoms with Crippen molar-refractivity contribution in [1.29, 1.82) is 0 Å². The predicted octanol–water partition coefficient (Wildman–Crippen LogP) is 6.00. The maximum absolute atomic E-state index is 13.2. The third kappa shape index (κ3) is 4.95. The van der Waals surface area contributed by atoms with Crippen LogP contribution in [0.2, 0.25) is 0 Å². The Morgan fingerprint density at radius 1 is 1.00 bits per heavy atom. The van der Waals surface area contributed by atoms with Crippen molar-refractivity contribution < 1.29 is 19.4 Å². The molecule has 0 bridgehead atoms. The summed E-state index contributed by atoms with van der Waals surface area (Å²) in [6.45, 7) is 1.04. The number of hydrogen-bond acceptors (Lipinski definition) is 4. The van der Waals surface area contributed by atoms with E-state index in [0.29, 0.717) is 11.3 Å². The molecule has 4 aliphatic rings. The van der Waals surface area contributed by atoms with Crippen molar-refractivity contribution in [3.63, 3.8) is 0 Å². The van der Waals surface area contributed by atoms with E-state index < -0.39 is 5.97 Å². The van der Waals surface area contributed by atoms with E-state index in [1.165, 1.54) is 50.5 Å². The quantitative estimate of drug-likeness (QED) is 0.472. The van der Waals surface area contributed by atoms with Gasteiger partial charge in [0.15, 0.2) is 0 Å². The molecule has 2 aromatic carbocycles. The second-order valence-corrected chi connectivity index (χ2v) is 12.3. The fraction of sp³-hybridized carbons (Fsp3) is 0.562. The number of carbonyl (C=O) groups excluding carboxylic acids is 1. The number of rotatable bonds is 7. The second kappa shape index (κ2) is 10.4. The first kappa shape index (κ1) is 25.4. The van der Waals surface area contributed by atoms with Gasteiger partial charge >= 0.3 is 5.97 Å². The summed E-state index contributed by atoms with van der Waals surface area (Å²) in [4.78, 5) is 27.3. The normalized spacial score (nSPS) is 26.9. The Morgan fingerprint density at radius 3 is 2.53 bits per heavy atom. The smallest absolute Gasteiger partial charge is 0.335 e. The van der Waals surface area contributed by atoms with Crippen molar-refractivity contribution in [2.75, 3.05) is 13.6 Å². The van der Waals surface area contributed by atoms with Crippen molar-refractivity contribution in [3.05, 3.63) is 53.6 Å². The van der Waals surface area contributed by atoms with Gasteiger partial charge in [-0.2, -0.15) is 0 Å². The zero-order chi connectivity index (χ0) is 26.3. The number of carboxylic acids is 1. The van der Waals surface area contributed by atoms with E-state index in [2.05, 4.69) is 35.5 Å². The molecule has 2 N–H and O–H groups in total. The van der Waals surface area contributed by atoms with E-state index in [-0.39, 0.29) is 29.7 Å². The number of likely N-dealkylation sites (tertiary alicyclic amines) is 1. The Kier molecular flexibility index (Phi) is 6.93. The molecule has 3 atom stereocenters. The molecule has 3 saturated carbocycles. The highest BCUT2D eigenvalue weighted by Crippen LogP contribution is 2.47. The van der Waals surface area contributed by atoms with Crippen LogP contribution in [-0.2, 0) is 4.79 Å². The molecule has 1 spiro atoms. The summed E-state index contributed by atoms with van der Waals surface area (Å²) in [5.74, 6) is 0.495. The maximum Gasteiger partial charge on any atom is 0.335 e. The highest BCUT2D eigenvalue weighted by atomic mass is 16.5. The number of carboxylic acid groups (broad SMARTS) is 1. The number of hydrogen-bond donors (Lipinski definition) is 2. The first-order valence-electron chi connectivity index (χ1n) is 14.5. The van der Waals surface area contributed by atoms with Crippen molar-refractivity contribution >= 4 is 11.9 Å². The molecule has 2 aromatic rings.